The van der Waals surface area contributed by atoms with Crippen molar-refractivity contribution in [3.8, 4) is 10.8 Å². The molecule has 0 bridgehead atoms. The average Bonchev–Trinajstić information content (AvgIpc) is 3.26. The Kier molecular flexibility index (Phi) is 3.98. The zero-order valence-corrected chi connectivity index (χ0v) is 13.5. The molecule has 116 valence electrons. The molecule has 0 unspecified atom stereocenters. The van der Waals surface area contributed by atoms with E-state index in [0.29, 0.717) is 11.7 Å². The number of rotatable bonds is 4. The summed E-state index contributed by atoms with van der Waals surface area (Å²) >= 11 is 1.58. The van der Waals surface area contributed by atoms with E-state index in [9.17, 15) is 0 Å². The maximum absolute atomic E-state index is 4.67. The summed E-state index contributed by atoms with van der Waals surface area (Å²) in [4.78, 5) is 17.8. The lowest BCUT2D eigenvalue weighted by atomic mass is 9.93. The molecule has 0 aromatic carbocycles. The minimum Gasteiger partial charge on any atom is -0.329 e. The predicted octanol–water partition coefficient (Wildman–Crippen LogP) is 3.67. The lowest BCUT2D eigenvalue weighted by Crippen LogP contribution is -2.11. The fraction of sp³-hybridized carbons (Fsp3) is 0.294. The molecular formula is C17H17N5S. The quantitative estimate of drug-likeness (QED) is 0.687. The van der Waals surface area contributed by atoms with Gasteiger partial charge >= 0.3 is 0 Å². The first kappa shape index (κ1) is 14.3. The van der Waals surface area contributed by atoms with Crippen molar-refractivity contribution >= 4 is 11.3 Å². The molecule has 0 amide bonds. The zero-order valence-electron chi connectivity index (χ0n) is 12.7. The van der Waals surface area contributed by atoms with Crippen LogP contribution in [0.5, 0.6) is 0 Å². The Balaban J connectivity index is 1.54. The molecule has 0 radical (unpaired) electrons. The molecule has 1 aliphatic rings. The normalized spacial score (nSPS) is 17.5. The number of allylic oxidation sites excluding steroid dienone is 2. The van der Waals surface area contributed by atoms with Crippen molar-refractivity contribution < 1.29 is 0 Å². The highest BCUT2D eigenvalue weighted by molar-refractivity contribution is 7.13. The third kappa shape index (κ3) is 3.07. The molecule has 3 heterocycles. The summed E-state index contributed by atoms with van der Waals surface area (Å²) in [6.45, 7) is 0.749. The topological polar surface area (TPSA) is 56.5 Å². The van der Waals surface area contributed by atoms with E-state index in [0.717, 1.165) is 30.1 Å². The molecule has 5 nitrogen and oxygen atoms in total. The number of imidazole rings is 1. The van der Waals surface area contributed by atoms with Crippen LogP contribution in [0.3, 0.4) is 0 Å². The summed E-state index contributed by atoms with van der Waals surface area (Å²) < 4.78 is 2.22. The number of hydrogen-bond acceptors (Lipinski definition) is 5. The number of thiazole rings is 1. The van der Waals surface area contributed by atoms with E-state index in [1.165, 1.54) is 12.2 Å². The van der Waals surface area contributed by atoms with Crippen LogP contribution < -0.4 is 0 Å². The van der Waals surface area contributed by atoms with Crippen LogP contribution in [0.2, 0.25) is 0 Å². The molecule has 0 spiro atoms. The summed E-state index contributed by atoms with van der Waals surface area (Å²) in [7, 11) is 0. The number of hydrogen-bond donors (Lipinski definition) is 0. The van der Waals surface area contributed by atoms with E-state index >= 15 is 0 Å². The van der Waals surface area contributed by atoms with E-state index in [-0.39, 0.29) is 0 Å². The third-order valence-electron chi connectivity index (χ3n) is 4.02. The molecule has 0 fully saturated rings. The van der Waals surface area contributed by atoms with Crippen LogP contribution in [-0.2, 0) is 6.54 Å². The van der Waals surface area contributed by atoms with Gasteiger partial charge in [-0.15, -0.1) is 11.3 Å². The molecule has 23 heavy (non-hydrogen) atoms. The van der Waals surface area contributed by atoms with Gasteiger partial charge in [-0.2, -0.15) is 0 Å². The van der Waals surface area contributed by atoms with Gasteiger partial charge in [-0.05, 0) is 25.3 Å². The molecule has 3 aromatic heterocycles. The lowest BCUT2D eigenvalue weighted by Gasteiger charge is -2.18. The first-order chi connectivity index (χ1) is 11.4. The van der Waals surface area contributed by atoms with Crippen molar-refractivity contribution in [3.05, 3.63) is 59.9 Å². The van der Waals surface area contributed by atoms with E-state index in [4.69, 9.17) is 0 Å². The smallest absolute Gasteiger partial charge is 0.188 e. The average molecular weight is 323 g/mol. The van der Waals surface area contributed by atoms with Gasteiger partial charge in [-0.1, -0.05) is 12.2 Å². The molecule has 0 aliphatic heterocycles. The van der Waals surface area contributed by atoms with Crippen LogP contribution in [0, 0.1) is 0 Å². The monoisotopic (exact) mass is 323 g/mol. The maximum atomic E-state index is 4.67. The maximum Gasteiger partial charge on any atom is 0.188 e. The third-order valence-corrected chi connectivity index (χ3v) is 4.91. The summed E-state index contributed by atoms with van der Waals surface area (Å²) in [5.41, 5.74) is 1.03. The number of aromatic nitrogens is 5. The van der Waals surface area contributed by atoms with Gasteiger partial charge in [0.2, 0.25) is 0 Å². The lowest BCUT2D eigenvalue weighted by molar-refractivity contribution is 0.549. The van der Waals surface area contributed by atoms with Gasteiger partial charge in [0.1, 0.15) is 5.82 Å². The Morgan fingerprint density at radius 2 is 2.04 bits per heavy atom. The van der Waals surface area contributed by atoms with Gasteiger partial charge in [0.15, 0.2) is 10.8 Å². The highest BCUT2D eigenvalue weighted by Crippen LogP contribution is 2.28. The Bertz CT molecular complexity index is 805. The molecule has 1 aliphatic carbocycles. The van der Waals surface area contributed by atoms with Crippen LogP contribution >= 0.6 is 11.3 Å². The fourth-order valence-electron chi connectivity index (χ4n) is 2.91. The van der Waals surface area contributed by atoms with Crippen LogP contribution in [-0.4, -0.2) is 24.5 Å². The van der Waals surface area contributed by atoms with Gasteiger partial charge in [0, 0.05) is 36.1 Å². The standard InChI is InChI=1S/C17H17N5S/c1-2-5-13(6-3-1)16-20-9-10-22(16)11-14-12-23-17(21-14)15-18-7-4-8-19-15/h1-2,4,7-10,12-13H,3,5-6,11H2/t13-/m0/s1. The first-order valence-corrected chi connectivity index (χ1v) is 8.66. The van der Waals surface area contributed by atoms with Crippen LogP contribution in [0.15, 0.2) is 48.4 Å². The molecule has 6 heteroatoms. The Hall–Kier alpha value is -2.34. The van der Waals surface area contributed by atoms with Crippen molar-refractivity contribution in [2.75, 3.05) is 0 Å². The van der Waals surface area contributed by atoms with Crippen molar-refractivity contribution in [1.82, 2.24) is 24.5 Å². The predicted molar refractivity (Wildman–Crippen MR) is 90.2 cm³/mol. The second-order valence-corrected chi connectivity index (χ2v) is 6.47. The minimum absolute atomic E-state index is 0.519. The molecule has 0 saturated heterocycles. The second kappa shape index (κ2) is 6.42. The molecule has 1 atom stereocenters. The van der Waals surface area contributed by atoms with Gasteiger partial charge < -0.3 is 4.57 Å². The Labute approximate surface area is 138 Å². The molecule has 4 rings (SSSR count). The molecule has 0 N–H and O–H groups in total. The second-order valence-electron chi connectivity index (χ2n) is 5.61. The van der Waals surface area contributed by atoms with E-state index in [2.05, 4.69) is 42.0 Å². The van der Waals surface area contributed by atoms with E-state index < -0.39 is 0 Å². The van der Waals surface area contributed by atoms with Crippen LogP contribution in [0.4, 0.5) is 0 Å². The summed E-state index contributed by atoms with van der Waals surface area (Å²) in [5, 5.41) is 2.94. The highest BCUT2D eigenvalue weighted by Gasteiger charge is 2.18. The van der Waals surface area contributed by atoms with Gasteiger partial charge in [-0.25, -0.2) is 19.9 Å². The van der Waals surface area contributed by atoms with Crippen molar-refractivity contribution in [2.45, 2.75) is 31.7 Å². The van der Waals surface area contributed by atoms with Crippen LogP contribution in [0.25, 0.3) is 10.8 Å². The van der Waals surface area contributed by atoms with Crippen molar-refractivity contribution in [2.24, 2.45) is 0 Å². The van der Waals surface area contributed by atoms with Gasteiger partial charge in [0.25, 0.3) is 0 Å². The van der Waals surface area contributed by atoms with Crippen molar-refractivity contribution in [1.29, 1.82) is 0 Å². The summed E-state index contributed by atoms with van der Waals surface area (Å²) in [5.74, 6) is 2.37. The largest absolute Gasteiger partial charge is 0.329 e. The van der Waals surface area contributed by atoms with E-state index in [1.807, 2.05) is 18.5 Å². The first-order valence-electron chi connectivity index (χ1n) is 7.78. The molecule has 3 aromatic rings. The fourth-order valence-corrected chi connectivity index (χ4v) is 3.66. The van der Waals surface area contributed by atoms with Crippen molar-refractivity contribution in [3.63, 3.8) is 0 Å². The highest BCUT2D eigenvalue weighted by atomic mass is 32.1. The molecule has 0 saturated carbocycles. The molecular weight excluding hydrogens is 306 g/mol. The van der Waals surface area contributed by atoms with E-state index in [1.54, 1.807) is 23.7 Å². The number of nitrogens with zero attached hydrogens (tertiary/aromatic N) is 5. The summed E-state index contributed by atoms with van der Waals surface area (Å²) in [6.07, 6.45) is 15.3. The zero-order chi connectivity index (χ0) is 15.5. The minimum atomic E-state index is 0.519. The Morgan fingerprint density at radius 1 is 1.13 bits per heavy atom. The Morgan fingerprint density at radius 3 is 2.87 bits per heavy atom. The summed E-state index contributed by atoms with van der Waals surface area (Å²) in [6, 6.07) is 1.81. The van der Waals surface area contributed by atoms with Crippen LogP contribution in [0.1, 0.15) is 36.7 Å². The van der Waals surface area contributed by atoms with Gasteiger partial charge in [0.05, 0.1) is 12.2 Å². The SMILES string of the molecule is C1=CC[C@H](c2nccn2Cc2csc(-c3ncccn3)n2)CC1. The van der Waals surface area contributed by atoms with Gasteiger partial charge in [-0.3, -0.25) is 0 Å².